The molecule has 2 unspecified atom stereocenters. The Hall–Kier alpha value is -1.07. The van der Waals surface area contributed by atoms with E-state index < -0.39 is 12.4 Å². The van der Waals surface area contributed by atoms with Crippen molar-refractivity contribution in [3.8, 4) is 0 Å². The van der Waals surface area contributed by atoms with Gasteiger partial charge >= 0.3 is 5.97 Å². The summed E-state index contributed by atoms with van der Waals surface area (Å²) in [6.07, 6.45) is -1.32. The Labute approximate surface area is 89.6 Å². The fraction of sp³-hybridized carbons (Fsp3) is 0.700. The first kappa shape index (κ1) is 13.9. The van der Waals surface area contributed by atoms with E-state index in [2.05, 4.69) is 6.58 Å². The molecule has 0 aliphatic heterocycles. The molecule has 0 radical (unpaired) electrons. The normalized spacial score (nSPS) is 14.1. The Kier molecular flexibility index (Phi) is 6.73. The summed E-state index contributed by atoms with van der Waals surface area (Å²) >= 11 is 0. The molecule has 0 amide bonds. The third-order valence-electron chi connectivity index (χ3n) is 1.36. The van der Waals surface area contributed by atoms with E-state index in [9.17, 15) is 4.79 Å². The van der Waals surface area contributed by atoms with Crippen molar-refractivity contribution in [2.24, 2.45) is 0 Å². The van der Waals surface area contributed by atoms with Crippen molar-refractivity contribution in [2.75, 3.05) is 13.2 Å². The molecule has 2 atom stereocenters. The van der Waals surface area contributed by atoms with Gasteiger partial charge in [-0.1, -0.05) is 6.58 Å². The second-order valence-electron chi connectivity index (χ2n) is 3.18. The Morgan fingerprint density at radius 2 is 2.00 bits per heavy atom. The highest BCUT2D eigenvalue weighted by Crippen LogP contribution is 2.03. The lowest BCUT2D eigenvalue weighted by Gasteiger charge is -2.19. The first-order valence-corrected chi connectivity index (χ1v) is 4.67. The third kappa shape index (κ3) is 9.24. The van der Waals surface area contributed by atoms with Crippen LogP contribution in [-0.2, 0) is 19.0 Å². The second-order valence-corrected chi connectivity index (χ2v) is 3.18. The lowest BCUT2D eigenvalue weighted by molar-refractivity contribution is -0.150. The maximum Gasteiger partial charge on any atom is 0.302 e. The fourth-order valence-electron chi connectivity index (χ4n) is 0.858. The van der Waals surface area contributed by atoms with Gasteiger partial charge in [-0.25, -0.2) is 0 Å². The van der Waals surface area contributed by atoms with E-state index in [-0.39, 0.29) is 19.2 Å². The quantitative estimate of drug-likeness (QED) is 0.389. The number of rotatable bonds is 7. The Balaban J connectivity index is 3.94. The zero-order valence-corrected chi connectivity index (χ0v) is 9.36. The van der Waals surface area contributed by atoms with Gasteiger partial charge in [-0.2, -0.15) is 0 Å². The fourth-order valence-corrected chi connectivity index (χ4v) is 0.858. The summed E-state index contributed by atoms with van der Waals surface area (Å²) < 4.78 is 14.9. The lowest BCUT2D eigenvalue weighted by atomic mass is 10.4. The van der Waals surface area contributed by atoms with Gasteiger partial charge in [0.1, 0.15) is 6.61 Å². The van der Waals surface area contributed by atoms with Crippen LogP contribution in [0.1, 0.15) is 20.8 Å². The average molecular weight is 218 g/mol. The first-order valence-electron chi connectivity index (χ1n) is 4.67. The molecule has 0 saturated carbocycles. The monoisotopic (exact) mass is 218 g/mol. The summed E-state index contributed by atoms with van der Waals surface area (Å²) in [7, 11) is 0. The summed E-state index contributed by atoms with van der Waals surface area (Å²) in [6.45, 7) is 8.27. The van der Waals surface area contributed by atoms with Gasteiger partial charge in [-0.3, -0.25) is 4.79 Å². The highest BCUT2D eigenvalue weighted by Gasteiger charge is 2.13. The van der Waals surface area contributed by atoms with Crippen LogP contribution in [0.4, 0.5) is 0 Å². The number of ether oxygens (including phenoxy) is 3. The maximum absolute atomic E-state index is 10.6. The molecule has 0 bridgehead atoms. The van der Waals surface area contributed by atoms with Crippen molar-refractivity contribution >= 4 is 5.97 Å². The van der Waals surface area contributed by atoms with Crippen molar-refractivity contribution in [1.29, 1.82) is 0 Å². The van der Waals surface area contributed by atoms with Crippen LogP contribution in [0, 0.1) is 0 Å². The van der Waals surface area contributed by atoms with Crippen LogP contribution < -0.4 is 0 Å². The van der Waals surface area contributed by atoms with Gasteiger partial charge in [0.25, 0.3) is 0 Å². The van der Waals surface area contributed by atoms with Crippen LogP contribution in [0.25, 0.3) is 0 Å². The van der Waals surface area contributed by atoms with Crippen LogP contribution in [0.15, 0.2) is 12.3 Å². The molecule has 0 saturated heterocycles. The highest BCUT2D eigenvalue weighted by atomic mass is 16.6. The molecule has 5 nitrogen and oxygen atoms in total. The van der Waals surface area contributed by atoms with Gasteiger partial charge in [0, 0.05) is 6.92 Å². The lowest BCUT2D eigenvalue weighted by Crippen LogP contribution is -2.28. The van der Waals surface area contributed by atoms with Gasteiger partial charge in [-0.05, 0) is 13.8 Å². The SMILES string of the molecule is C=C(C)OC(COC(C)=O)COC(C)O. The van der Waals surface area contributed by atoms with Gasteiger partial charge in [0.05, 0.1) is 12.4 Å². The number of esters is 1. The molecule has 0 aliphatic rings. The molecule has 0 spiro atoms. The smallest absolute Gasteiger partial charge is 0.302 e. The molecular weight excluding hydrogens is 200 g/mol. The topological polar surface area (TPSA) is 65.0 Å². The Morgan fingerprint density at radius 1 is 1.40 bits per heavy atom. The van der Waals surface area contributed by atoms with Crippen molar-refractivity contribution in [3.63, 3.8) is 0 Å². The summed E-state index contributed by atoms with van der Waals surface area (Å²) in [5.74, 6) is 0.115. The van der Waals surface area contributed by atoms with Crippen molar-refractivity contribution in [3.05, 3.63) is 12.3 Å². The third-order valence-corrected chi connectivity index (χ3v) is 1.36. The molecule has 5 heteroatoms. The molecule has 15 heavy (non-hydrogen) atoms. The number of carbonyl (C=O) groups excluding carboxylic acids is 1. The molecule has 0 heterocycles. The van der Waals surface area contributed by atoms with Crippen molar-refractivity contribution in [2.45, 2.75) is 33.2 Å². The van der Waals surface area contributed by atoms with Crippen LogP contribution in [0.5, 0.6) is 0 Å². The number of hydrogen-bond acceptors (Lipinski definition) is 5. The first-order chi connectivity index (χ1) is 6.91. The van der Waals surface area contributed by atoms with E-state index in [1.54, 1.807) is 6.92 Å². The molecule has 88 valence electrons. The van der Waals surface area contributed by atoms with E-state index in [1.807, 2.05) is 0 Å². The van der Waals surface area contributed by atoms with Gasteiger partial charge < -0.3 is 19.3 Å². The second kappa shape index (κ2) is 7.25. The van der Waals surface area contributed by atoms with Crippen molar-refractivity contribution < 1.29 is 24.1 Å². The van der Waals surface area contributed by atoms with E-state index >= 15 is 0 Å². The van der Waals surface area contributed by atoms with Crippen LogP contribution in [-0.4, -0.2) is 36.7 Å². The molecule has 0 aliphatic carbocycles. The van der Waals surface area contributed by atoms with Crippen LogP contribution in [0.2, 0.25) is 0 Å². The molecular formula is C10H18O5. The van der Waals surface area contributed by atoms with Crippen molar-refractivity contribution in [1.82, 2.24) is 0 Å². The van der Waals surface area contributed by atoms with E-state index in [4.69, 9.17) is 19.3 Å². The molecule has 1 N–H and O–H groups in total. The van der Waals surface area contributed by atoms with E-state index in [1.165, 1.54) is 13.8 Å². The number of carbonyl (C=O) groups is 1. The molecule has 0 aromatic rings. The molecule has 0 fully saturated rings. The minimum Gasteiger partial charge on any atom is -0.490 e. The largest absolute Gasteiger partial charge is 0.490 e. The van der Waals surface area contributed by atoms with E-state index in [0.29, 0.717) is 5.76 Å². The minimum absolute atomic E-state index is 0.0783. The Morgan fingerprint density at radius 3 is 2.40 bits per heavy atom. The summed E-state index contributed by atoms with van der Waals surface area (Å²) in [4.78, 5) is 10.6. The number of aliphatic hydroxyl groups excluding tert-OH is 1. The van der Waals surface area contributed by atoms with Crippen LogP contribution >= 0.6 is 0 Å². The predicted molar refractivity (Wildman–Crippen MR) is 54.0 cm³/mol. The Bertz CT molecular complexity index is 212. The van der Waals surface area contributed by atoms with Gasteiger partial charge in [0.15, 0.2) is 12.4 Å². The zero-order valence-electron chi connectivity index (χ0n) is 9.36. The minimum atomic E-state index is -0.876. The maximum atomic E-state index is 10.6. The number of aliphatic hydroxyl groups is 1. The molecule has 0 aromatic carbocycles. The average Bonchev–Trinajstić information content (AvgIpc) is 2.08. The van der Waals surface area contributed by atoms with E-state index in [0.717, 1.165) is 0 Å². The summed E-state index contributed by atoms with van der Waals surface area (Å²) in [6, 6.07) is 0. The molecule has 0 aromatic heterocycles. The number of allylic oxidation sites excluding steroid dienone is 1. The van der Waals surface area contributed by atoms with Gasteiger partial charge in [-0.15, -0.1) is 0 Å². The summed E-state index contributed by atoms with van der Waals surface area (Å²) in [5.41, 5.74) is 0. The standard InChI is InChI=1S/C10H18O5/c1-7(2)15-10(5-13-8(3)11)6-14-9(4)12/h8,10-11H,1,5-6H2,2-4H3. The highest BCUT2D eigenvalue weighted by molar-refractivity contribution is 5.65. The molecule has 0 rings (SSSR count). The van der Waals surface area contributed by atoms with Crippen LogP contribution in [0.3, 0.4) is 0 Å². The van der Waals surface area contributed by atoms with Gasteiger partial charge in [0.2, 0.25) is 0 Å². The summed E-state index contributed by atoms with van der Waals surface area (Å²) in [5, 5.41) is 8.90. The predicted octanol–water partition coefficient (Wildman–Crippen LogP) is 0.823. The number of hydrogen-bond donors (Lipinski definition) is 1. The zero-order chi connectivity index (χ0) is 11.8.